The summed E-state index contributed by atoms with van der Waals surface area (Å²) in [7, 11) is 0. The number of carbonyl (C=O) groups excluding carboxylic acids is 1. The number of fused-ring (bicyclic) bond motifs is 1. The first kappa shape index (κ1) is 27.6. The summed E-state index contributed by atoms with van der Waals surface area (Å²) in [6.45, 7) is 0. The van der Waals surface area contributed by atoms with E-state index in [1.165, 1.54) is 6.21 Å². The maximum absolute atomic E-state index is 13.6. The highest BCUT2D eigenvalue weighted by atomic mass is 79.9. The van der Waals surface area contributed by atoms with Gasteiger partial charge >= 0.3 is 5.97 Å². The molecule has 4 aromatic carbocycles. The minimum atomic E-state index is -0.595. The molecule has 0 aliphatic carbocycles. The molecule has 0 bridgehead atoms. The molecule has 1 aromatic heterocycles. The lowest BCUT2D eigenvalue weighted by Gasteiger charge is -2.12. The first-order valence-corrected chi connectivity index (χ1v) is 13.9. The van der Waals surface area contributed by atoms with Gasteiger partial charge in [-0.3, -0.25) is 4.79 Å². The molecule has 11 heteroatoms. The number of hydrogen-bond donors (Lipinski definition) is 0. The lowest BCUT2D eigenvalue weighted by molar-refractivity contribution is 0.0733. The van der Waals surface area contributed by atoms with E-state index in [1.807, 2.05) is 0 Å². The standard InChI is InChI=1S/C28H14Br2Cl3N3O3/c29-17-11-16(25(22(30)12-17)39-28(38)15-5-7-18(31)8-6-15)14-34-36-26(20-10-9-19(32)13-23(20)33)35-24-4-2-1-3-21(24)27(36)37/h1-14H. The second-order valence-corrected chi connectivity index (χ2v) is 11.2. The van der Waals surface area contributed by atoms with E-state index in [2.05, 4.69) is 41.9 Å². The van der Waals surface area contributed by atoms with Crippen molar-refractivity contribution >= 4 is 89.7 Å². The number of aromatic nitrogens is 2. The van der Waals surface area contributed by atoms with E-state index in [-0.39, 0.29) is 11.6 Å². The summed E-state index contributed by atoms with van der Waals surface area (Å²) in [4.78, 5) is 31.1. The molecule has 6 nitrogen and oxygen atoms in total. The molecule has 0 saturated carbocycles. The monoisotopic (exact) mass is 703 g/mol. The van der Waals surface area contributed by atoms with Crippen molar-refractivity contribution < 1.29 is 9.53 Å². The summed E-state index contributed by atoms with van der Waals surface area (Å²) < 4.78 is 8.04. The van der Waals surface area contributed by atoms with Gasteiger partial charge in [-0.25, -0.2) is 9.78 Å². The number of nitrogens with zero attached hydrogens (tertiary/aromatic N) is 3. The molecule has 0 spiro atoms. The molecule has 1 heterocycles. The zero-order valence-corrected chi connectivity index (χ0v) is 25.0. The Morgan fingerprint density at radius 2 is 1.64 bits per heavy atom. The number of benzene rings is 4. The second-order valence-electron chi connectivity index (χ2n) is 8.14. The summed E-state index contributed by atoms with van der Waals surface area (Å²) in [6.07, 6.45) is 1.41. The Labute approximate surface area is 254 Å². The number of carbonyl (C=O) groups is 1. The Morgan fingerprint density at radius 3 is 2.38 bits per heavy atom. The molecule has 5 aromatic rings. The Kier molecular flexibility index (Phi) is 8.21. The minimum Gasteiger partial charge on any atom is -0.421 e. The second kappa shape index (κ2) is 11.6. The number of para-hydroxylation sites is 1. The third kappa shape index (κ3) is 5.95. The number of hydrogen-bond acceptors (Lipinski definition) is 5. The van der Waals surface area contributed by atoms with Gasteiger partial charge in [0.2, 0.25) is 0 Å². The van der Waals surface area contributed by atoms with E-state index in [0.717, 1.165) is 4.68 Å². The summed E-state index contributed by atoms with van der Waals surface area (Å²) >= 11 is 25.4. The van der Waals surface area contributed by atoms with Crippen LogP contribution in [0.1, 0.15) is 15.9 Å². The number of halogens is 5. The maximum Gasteiger partial charge on any atom is 0.343 e. The van der Waals surface area contributed by atoms with Crippen molar-refractivity contribution in [2.45, 2.75) is 0 Å². The van der Waals surface area contributed by atoms with Crippen molar-refractivity contribution in [2.75, 3.05) is 0 Å². The van der Waals surface area contributed by atoms with Crippen molar-refractivity contribution in [3.63, 3.8) is 0 Å². The average Bonchev–Trinajstić information content (AvgIpc) is 2.90. The van der Waals surface area contributed by atoms with Gasteiger partial charge in [-0.2, -0.15) is 9.78 Å². The molecule has 0 amide bonds. The van der Waals surface area contributed by atoms with Crippen LogP contribution in [0.3, 0.4) is 0 Å². The quantitative estimate of drug-likeness (QED) is 0.104. The van der Waals surface area contributed by atoms with Crippen molar-refractivity contribution in [3.8, 4) is 17.1 Å². The minimum absolute atomic E-state index is 0.203. The Hall–Kier alpha value is -3.01. The smallest absolute Gasteiger partial charge is 0.343 e. The van der Waals surface area contributed by atoms with E-state index in [0.29, 0.717) is 51.6 Å². The number of esters is 1. The molecule has 194 valence electrons. The van der Waals surface area contributed by atoms with Gasteiger partial charge < -0.3 is 4.74 Å². The highest BCUT2D eigenvalue weighted by Crippen LogP contribution is 2.33. The molecule has 39 heavy (non-hydrogen) atoms. The predicted octanol–water partition coefficient (Wildman–Crippen LogP) is 8.65. The Morgan fingerprint density at radius 1 is 0.923 bits per heavy atom. The topological polar surface area (TPSA) is 73.5 Å². The van der Waals surface area contributed by atoms with Crippen LogP contribution in [0.4, 0.5) is 0 Å². The van der Waals surface area contributed by atoms with Crippen molar-refractivity contribution in [3.05, 3.63) is 124 Å². The predicted molar refractivity (Wildman–Crippen MR) is 163 cm³/mol. The molecule has 0 saturated heterocycles. The Bertz CT molecular complexity index is 1840. The third-order valence-corrected chi connectivity index (χ3v) is 7.40. The first-order chi connectivity index (χ1) is 18.7. The van der Waals surface area contributed by atoms with Crippen molar-refractivity contribution in [2.24, 2.45) is 5.10 Å². The normalized spacial score (nSPS) is 11.3. The first-order valence-electron chi connectivity index (χ1n) is 11.2. The summed E-state index contributed by atoms with van der Waals surface area (Å²) in [5, 5.41) is 6.08. The maximum atomic E-state index is 13.6. The van der Waals surface area contributed by atoms with Crippen LogP contribution in [0.2, 0.25) is 15.1 Å². The van der Waals surface area contributed by atoms with Crippen molar-refractivity contribution in [1.29, 1.82) is 0 Å². The molecule has 0 atom stereocenters. The fraction of sp³-hybridized carbons (Fsp3) is 0. The Balaban J connectivity index is 1.64. The number of rotatable bonds is 5. The summed E-state index contributed by atoms with van der Waals surface area (Å²) in [6, 6.07) is 21.6. The van der Waals surface area contributed by atoms with Gasteiger partial charge in [-0.15, -0.1) is 0 Å². The SMILES string of the molecule is O=C(Oc1c(Br)cc(Br)cc1C=Nn1c(-c2ccc(Cl)cc2Cl)nc2ccccc2c1=O)c1ccc(Cl)cc1. The molecule has 0 aliphatic rings. The molecule has 0 fully saturated rings. The van der Waals surface area contributed by atoms with Gasteiger partial charge in [0.15, 0.2) is 11.6 Å². The van der Waals surface area contributed by atoms with Crippen LogP contribution in [-0.2, 0) is 0 Å². The molecule has 5 rings (SSSR count). The lowest BCUT2D eigenvalue weighted by atomic mass is 10.2. The molecule has 0 unspecified atom stereocenters. The molecule has 0 N–H and O–H groups in total. The van der Waals surface area contributed by atoms with Gasteiger partial charge in [-0.05, 0) is 82.7 Å². The zero-order chi connectivity index (χ0) is 27.7. The van der Waals surface area contributed by atoms with E-state index in [4.69, 9.17) is 39.5 Å². The molecular formula is C28H14Br2Cl3N3O3. The highest BCUT2D eigenvalue weighted by molar-refractivity contribution is 9.11. The summed E-state index contributed by atoms with van der Waals surface area (Å²) in [5.74, 6) is -0.178. The van der Waals surface area contributed by atoms with Crippen LogP contribution < -0.4 is 10.3 Å². The van der Waals surface area contributed by atoms with Gasteiger partial charge in [0, 0.05) is 25.6 Å². The molecular weight excluding hydrogens is 692 g/mol. The van der Waals surface area contributed by atoms with E-state index in [9.17, 15) is 9.59 Å². The fourth-order valence-electron chi connectivity index (χ4n) is 3.72. The van der Waals surface area contributed by atoms with Gasteiger partial charge in [0.1, 0.15) is 0 Å². The average molecular weight is 707 g/mol. The van der Waals surface area contributed by atoms with E-state index in [1.54, 1.807) is 78.9 Å². The number of ether oxygens (including phenoxy) is 1. The van der Waals surface area contributed by atoms with Gasteiger partial charge in [-0.1, -0.05) is 62.9 Å². The van der Waals surface area contributed by atoms with Crippen LogP contribution in [0.15, 0.2) is 97.7 Å². The van der Waals surface area contributed by atoms with E-state index >= 15 is 0 Å². The van der Waals surface area contributed by atoms with Crippen LogP contribution in [0, 0.1) is 0 Å². The highest BCUT2D eigenvalue weighted by Gasteiger charge is 2.18. The fourth-order valence-corrected chi connectivity index (χ4v) is 5.68. The van der Waals surface area contributed by atoms with Crippen LogP contribution in [0.5, 0.6) is 5.75 Å². The lowest BCUT2D eigenvalue weighted by Crippen LogP contribution is -2.20. The van der Waals surface area contributed by atoms with Gasteiger partial charge in [0.25, 0.3) is 5.56 Å². The molecule has 0 aliphatic heterocycles. The van der Waals surface area contributed by atoms with E-state index < -0.39 is 11.5 Å². The van der Waals surface area contributed by atoms with Crippen LogP contribution in [-0.4, -0.2) is 21.8 Å². The molecule has 0 radical (unpaired) electrons. The zero-order valence-electron chi connectivity index (χ0n) is 19.5. The van der Waals surface area contributed by atoms with Gasteiger partial charge in [0.05, 0.1) is 32.2 Å². The van der Waals surface area contributed by atoms with Crippen LogP contribution in [0.25, 0.3) is 22.3 Å². The van der Waals surface area contributed by atoms with Crippen molar-refractivity contribution in [1.82, 2.24) is 9.66 Å². The largest absolute Gasteiger partial charge is 0.421 e. The van der Waals surface area contributed by atoms with Crippen LogP contribution >= 0.6 is 66.7 Å². The summed E-state index contributed by atoms with van der Waals surface area (Å²) in [5.41, 5.74) is 1.26. The third-order valence-electron chi connectivity index (χ3n) is 5.55.